The Morgan fingerprint density at radius 2 is 2.07 bits per heavy atom. The molecule has 0 saturated carbocycles. The number of benzene rings is 1. The Kier molecular flexibility index (Phi) is 7.85. The number of H-pyrrole nitrogens is 1. The molecule has 0 radical (unpaired) electrons. The summed E-state index contributed by atoms with van der Waals surface area (Å²) in [7, 11) is 2.07. The van der Waals surface area contributed by atoms with E-state index in [9.17, 15) is 4.79 Å². The van der Waals surface area contributed by atoms with E-state index in [0.717, 1.165) is 19.4 Å². The highest BCUT2D eigenvalue weighted by atomic mass is 35.5. The number of likely N-dealkylation sites (tertiary alicyclic amines) is 1. The van der Waals surface area contributed by atoms with Crippen LogP contribution in [0.5, 0.6) is 6.01 Å². The van der Waals surface area contributed by atoms with Crippen molar-refractivity contribution in [3.63, 3.8) is 0 Å². The molecule has 2 fully saturated rings. The Labute approximate surface area is 257 Å². The van der Waals surface area contributed by atoms with Gasteiger partial charge in [0.1, 0.15) is 29.2 Å². The lowest BCUT2D eigenvalue weighted by molar-refractivity contribution is -0.00448. The first kappa shape index (κ1) is 28.9. The summed E-state index contributed by atoms with van der Waals surface area (Å²) in [5.41, 5.74) is 1.96. The SMILES string of the molecule is CC(Oc1nc2c3cnc(c(F)c3n1)-c1c(c(Cl)cc3[nH]ncc13)CCCOC(=O)O[C@@H]1COCCN2C1)[C@@H]1CCCN1C. The molecule has 1 unspecified atom stereocenters. The number of nitrogens with one attached hydrogen (secondary N) is 1. The van der Waals surface area contributed by atoms with Crippen molar-refractivity contribution in [3.05, 3.63) is 34.9 Å². The Morgan fingerprint density at radius 3 is 2.91 bits per heavy atom. The van der Waals surface area contributed by atoms with Crippen LogP contribution in [0.15, 0.2) is 18.5 Å². The molecular weight excluding hydrogens is 593 g/mol. The molecule has 232 valence electrons. The van der Waals surface area contributed by atoms with Gasteiger partial charge in [-0.05, 0) is 57.8 Å². The van der Waals surface area contributed by atoms with E-state index < -0.39 is 18.1 Å². The van der Waals surface area contributed by atoms with Gasteiger partial charge in [0.15, 0.2) is 5.82 Å². The minimum atomic E-state index is -0.786. The van der Waals surface area contributed by atoms with Gasteiger partial charge in [-0.1, -0.05) is 11.6 Å². The predicted molar refractivity (Wildman–Crippen MR) is 161 cm³/mol. The zero-order valence-corrected chi connectivity index (χ0v) is 25.3. The van der Waals surface area contributed by atoms with E-state index in [0.29, 0.717) is 64.2 Å². The van der Waals surface area contributed by atoms with E-state index in [1.54, 1.807) is 18.5 Å². The van der Waals surface area contributed by atoms with Crippen molar-refractivity contribution in [3.8, 4) is 17.3 Å². The fourth-order valence-corrected chi connectivity index (χ4v) is 6.80. The third-order valence-corrected chi connectivity index (χ3v) is 9.01. The molecule has 12 nitrogen and oxygen atoms in total. The van der Waals surface area contributed by atoms with Gasteiger partial charge in [0.2, 0.25) is 0 Å². The first-order valence-electron chi connectivity index (χ1n) is 14.9. The number of fused-ring (bicyclic) bond motifs is 7. The van der Waals surface area contributed by atoms with Crippen molar-refractivity contribution in [2.45, 2.75) is 50.9 Å². The van der Waals surface area contributed by atoms with Gasteiger partial charge in [0, 0.05) is 34.8 Å². The van der Waals surface area contributed by atoms with Crippen molar-refractivity contribution in [2.24, 2.45) is 0 Å². The van der Waals surface area contributed by atoms with Gasteiger partial charge in [-0.3, -0.25) is 15.0 Å². The lowest BCUT2D eigenvalue weighted by atomic mass is 9.95. The first-order chi connectivity index (χ1) is 21.4. The third kappa shape index (κ3) is 5.37. The van der Waals surface area contributed by atoms with Crippen molar-refractivity contribution in [1.29, 1.82) is 0 Å². The number of carbonyl (C=O) groups excluding carboxylic acids is 1. The molecule has 2 saturated heterocycles. The average molecular weight is 626 g/mol. The smallest absolute Gasteiger partial charge is 0.459 e. The maximum atomic E-state index is 16.9. The molecule has 0 amide bonds. The number of likely N-dealkylation sites (N-methyl/N-ethyl adjacent to an activating group) is 1. The van der Waals surface area contributed by atoms with Crippen molar-refractivity contribution >= 4 is 45.4 Å². The van der Waals surface area contributed by atoms with Crippen LogP contribution >= 0.6 is 11.6 Å². The zero-order chi connectivity index (χ0) is 30.4. The molecule has 0 aliphatic carbocycles. The molecule has 44 heavy (non-hydrogen) atoms. The molecular formula is C30H33ClFN7O5. The van der Waals surface area contributed by atoms with Crippen LogP contribution < -0.4 is 9.64 Å². The third-order valence-electron chi connectivity index (χ3n) is 8.68. The van der Waals surface area contributed by atoms with Crippen LogP contribution in [0.2, 0.25) is 5.02 Å². The largest absolute Gasteiger partial charge is 0.508 e. The van der Waals surface area contributed by atoms with E-state index in [4.69, 9.17) is 35.5 Å². The van der Waals surface area contributed by atoms with Crippen molar-refractivity contribution < 1.29 is 28.1 Å². The number of rotatable bonds is 3. The maximum Gasteiger partial charge on any atom is 0.508 e. The predicted octanol–water partition coefficient (Wildman–Crippen LogP) is 4.53. The van der Waals surface area contributed by atoms with Gasteiger partial charge in [-0.25, -0.2) is 9.18 Å². The molecule has 3 aromatic heterocycles. The number of hydrogen-bond donors (Lipinski definition) is 1. The molecule has 8 rings (SSSR count). The molecule has 6 bridgehead atoms. The number of carbonyl (C=O) groups is 1. The van der Waals surface area contributed by atoms with E-state index in [-0.39, 0.29) is 49.1 Å². The van der Waals surface area contributed by atoms with Gasteiger partial charge in [0.05, 0.1) is 43.5 Å². The molecule has 7 heterocycles. The Morgan fingerprint density at radius 1 is 1.18 bits per heavy atom. The van der Waals surface area contributed by atoms with E-state index in [2.05, 4.69) is 32.1 Å². The second-order valence-electron chi connectivity index (χ2n) is 11.5. The monoisotopic (exact) mass is 625 g/mol. The molecule has 4 aliphatic heterocycles. The number of anilines is 1. The van der Waals surface area contributed by atoms with Crippen LogP contribution in [0.4, 0.5) is 15.0 Å². The highest BCUT2D eigenvalue weighted by molar-refractivity contribution is 6.33. The van der Waals surface area contributed by atoms with Gasteiger partial charge in [-0.15, -0.1) is 0 Å². The quantitative estimate of drug-likeness (QED) is 0.323. The lowest BCUT2D eigenvalue weighted by Gasteiger charge is -2.28. The molecule has 4 aliphatic rings. The zero-order valence-electron chi connectivity index (χ0n) is 24.5. The Hall–Kier alpha value is -3.81. The fourth-order valence-electron chi connectivity index (χ4n) is 6.50. The standard InChI is InChI=1S/C30H33ClFN7O5/c1-16(23-6-3-7-38(23)2)43-29-35-26-20-12-33-27(25(26)32)24-18(21(31)11-22-19(24)13-34-37-22)5-4-9-42-30(40)44-17-14-39(28(20)36-29)8-10-41-15-17/h11-13,16-17,23H,3-10,14-15H2,1-2H3,(H,34,37)/t16?,17-,23-/m0/s1. The number of nitrogens with zero attached hydrogens (tertiary/aromatic N) is 6. The summed E-state index contributed by atoms with van der Waals surface area (Å²) in [4.78, 5) is 30.8. The van der Waals surface area contributed by atoms with Crippen LogP contribution in [-0.2, 0) is 20.6 Å². The number of aromatic nitrogens is 5. The number of ether oxygens (including phenoxy) is 4. The molecule has 1 N–H and O–H groups in total. The second-order valence-corrected chi connectivity index (χ2v) is 11.9. The highest BCUT2D eigenvalue weighted by Crippen LogP contribution is 2.40. The Balaban J connectivity index is 1.43. The maximum absolute atomic E-state index is 16.9. The van der Waals surface area contributed by atoms with Crippen LogP contribution in [0, 0.1) is 5.82 Å². The topological polar surface area (TPSA) is 128 Å². The van der Waals surface area contributed by atoms with Crippen LogP contribution in [-0.4, -0.2) is 101 Å². The second kappa shape index (κ2) is 11.9. The van der Waals surface area contributed by atoms with E-state index in [1.807, 2.05) is 11.8 Å². The molecule has 3 atom stereocenters. The number of hydrogen-bond acceptors (Lipinski definition) is 11. The minimum absolute atomic E-state index is 0.0549. The highest BCUT2D eigenvalue weighted by Gasteiger charge is 2.31. The molecule has 1 aromatic carbocycles. The molecule has 0 spiro atoms. The summed E-state index contributed by atoms with van der Waals surface area (Å²) in [6.07, 6.45) is 4.41. The van der Waals surface area contributed by atoms with Gasteiger partial charge >= 0.3 is 12.2 Å². The molecule has 14 heteroatoms. The van der Waals surface area contributed by atoms with E-state index in [1.165, 1.54) is 0 Å². The van der Waals surface area contributed by atoms with Crippen LogP contribution in [0.25, 0.3) is 33.1 Å². The number of halogens is 2. The molecule has 4 aromatic rings. The summed E-state index contributed by atoms with van der Waals surface area (Å²) < 4.78 is 40.0. The fraction of sp³-hybridized carbons (Fsp3) is 0.500. The summed E-state index contributed by atoms with van der Waals surface area (Å²) in [5, 5.41) is 8.57. The minimum Gasteiger partial charge on any atom is -0.459 e. The summed E-state index contributed by atoms with van der Waals surface area (Å²) in [5.74, 6) is -0.209. The van der Waals surface area contributed by atoms with Crippen molar-refractivity contribution in [1.82, 2.24) is 30.0 Å². The average Bonchev–Trinajstić information content (AvgIpc) is 3.58. The first-order valence-corrected chi connectivity index (χ1v) is 15.3. The normalized spacial score (nSPS) is 22.2. The Bertz CT molecular complexity index is 1720. The number of pyridine rings is 1. The van der Waals surface area contributed by atoms with Crippen molar-refractivity contribution in [2.75, 3.05) is 51.4 Å². The summed E-state index contributed by atoms with van der Waals surface area (Å²) in [6.45, 7) is 4.24. The summed E-state index contributed by atoms with van der Waals surface area (Å²) >= 11 is 6.75. The van der Waals surface area contributed by atoms with Crippen LogP contribution in [0.1, 0.15) is 31.7 Å². The van der Waals surface area contributed by atoms with Gasteiger partial charge in [-0.2, -0.15) is 15.1 Å². The van der Waals surface area contributed by atoms with Gasteiger partial charge in [0.25, 0.3) is 0 Å². The lowest BCUT2D eigenvalue weighted by Crippen LogP contribution is -2.39. The van der Waals surface area contributed by atoms with Crippen LogP contribution in [0.3, 0.4) is 0 Å². The van der Waals surface area contributed by atoms with E-state index >= 15 is 4.39 Å². The van der Waals surface area contributed by atoms with Gasteiger partial charge < -0.3 is 23.8 Å². The summed E-state index contributed by atoms with van der Waals surface area (Å²) in [6, 6.07) is 1.99. The number of aromatic amines is 1.